The first-order valence-electron chi connectivity index (χ1n) is 9.67. The lowest BCUT2D eigenvalue weighted by Gasteiger charge is -2.37. The van der Waals surface area contributed by atoms with Crippen molar-refractivity contribution in [3.8, 4) is 5.88 Å². The molecule has 25 heavy (non-hydrogen) atoms. The molecule has 1 aromatic rings. The van der Waals surface area contributed by atoms with E-state index in [1.165, 1.54) is 12.8 Å². The lowest BCUT2D eigenvalue weighted by Crippen LogP contribution is -2.41. The van der Waals surface area contributed by atoms with E-state index in [1.807, 2.05) is 11.8 Å². The highest BCUT2D eigenvalue weighted by atomic mass is 16.5. The topological polar surface area (TPSA) is 51.7 Å². The first-order chi connectivity index (χ1) is 12.2. The van der Waals surface area contributed by atoms with Crippen molar-refractivity contribution in [2.45, 2.75) is 52.1 Å². The maximum atomic E-state index is 12.8. The molecule has 0 unspecified atom stereocenters. The largest absolute Gasteiger partial charge is 0.475 e. The highest BCUT2D eigenvalue weighted by Crippen LogP contribution is 2.32. The van der Waals surface area contributed by atoms with E-state index in [2.05, 4.69) is 11.9 Å². The van der Waals surface area contributed by atoms with Crippen molar-refractivity contribution in [1.29, 1.82) is 0 Å². The summed E-state index contributed by atoms with van der Waals surface area (Å²) in [5.41, 5.74) is 0.679. The number of aromatic nitrogens is 1. The molecule has 2 aliphatic heterocycles. The maximum Gasteiger partial charge on any atom is 0.254 e. The molecule has 2 fully saturated rings. The number of rotatable bonds is 5. The number of likely N-dealkylation sites (tertiary alicyclic amines) is 1. The average Bonchev–Trinajstić information content (AvgIpc) is 2.68. The molecule has 2 aliphatic rings. The third-order valence-corrected chi connectivity index (χ3v) is 5.64. The predicted octanol–water partition coefficient (Wildman–Crippen LogP) is 3.54. The molecule has 0 aliphatic carbocycles. The number of ether oxygens (including phenoxy) is 2. The zero-order chi connectivity index (χ0) is 17.6. The van der Waals surface area contributed by atoms with Crippen molar-refractivity contribution in [2.75, 3.05) is 26.3 Å². The van der Waals surface area contributed by atoms with Gasteiger partial charge in [-0.1, -0.05) is 6.92 Å². The van der Waals surface area contributed by atoms with Gasteiger partial charge in [-0.15, -0.1) is 0 Å². The van der Waals surface area contributed by atoms with Crippen LogP contribution in [0.3, 0.4) is 0 Å². The van der Waals surface area contributed by atoms with Gasteiger partial charge in [-0.2, -0.15) is 0 Å². The van der Waals surface area contributed by atoms with Crippen LogP contribution in [0.15, 0.2) is 18.3 Å². The SMILES string of the molecule is CC[C@H](C)Oc1cc(C(=O)N2CCC(C3CCOCC3)CC2)ccn1. The molecule has 1 atom stereocenters. The van der Waals surface area contributed by atoms with Gasteiger partial charge in [-0.3, -0.25) is 4.79 Å². The zero-order valence-electron chi connectivity index (χ0n) is 15.4. The number of nitrogens with zero attached hydrogens (tertiary/aromatic N) is 2. The summed E-state index contributed by atoms with van der Waals surface area (Å²) >= 11 is 0. The fourth-order valence-corrected chi connectivity index (χ4v) is 3.84. The van der Waals surface area contributed by atoms with Crippen molar-refractivity contribution in [2.24, 2.45) is 11.8 Å². The van der Waals surface area contributed by atoms with Crippen LogP contribution in [0.5, 0.6) is 5.88 Å². The second-order valence-electron chi connectivity index (χ2n) is 7.30. The van der Waals surface area contributed by atoms with Gasteiger partial charge in [0, 0.05) is 44.1 Å². The lowest BCUT2D eigenvalue weighted by atomic mass is 9.80. The summed E-state index contributed by atoms with van der Waals surface area (Å²) < 4.78 is 11.2. The minimum absolute atomic E-state index is 0.0989. The molecule has 0 spiro atoms. The normalized spacial score (nSPS) is 21.1. The van der Waals surface area contributed by atoms with Gasteiger partial charge in [0.2, 0.25) is 5.88 Å². The van der Waals surface area contributed by atoms with Crippen LogP contribution >= 0.6 is 0 Å². The van der Waals surface area contributed by atoms with E-state index in [4.69, 9.17) is 9.47 Å². The smallest absolute Gasteiger partial charge is 0.254 e. The molecule has 5 nitrogen and oxygen atoms in total. The lowest BCUT2D eigenvalue weighted by molar-refractivity contribution is 0.0288. The standard InChI is InChI=1S/C20H30N2O3/c1-3-15(2)25-19-14-18(4-9-21-19)20(23)22-10-5-16(6-11-22)17-7-12-24-13-8-17/h4,9,14-17H,3,5-8,10-13H2,1-2H3/t15-/m0/s1. The van der Waals surface area contributed by atoms with Crippen LogP contribution in [0.4, 0.5) is 0 Å². The van der Waals surface area contributed by atoms with E-state index in [9.17, 15) is 4.79 Å². The van der Waals surface area contributed by atoms with Gasteiger partial charge in [0.15, 0.2) is 0 Å². The summed E-state index contributed by atoms with van der Waals surface area (Å²) in [6.07, 6.45) is 7.26. The Bertz CT molecular complexity index is 564. The van der Waals surface area contributed by atoms with Crippen LogP contribution in [0.25, 0.3) is 0 Å². The minimum Gasteiger partial charge on any atom is -0.475 e. The van der Waals surface area contributed by atoms with Crippen LogP contribution in [0.1, 0.15) is 56.3 Å². The fourth-order valence-electron chi connectivity index (χ4n) is 3.84. The molecule has 2 saturated heterocycles. The summed E-state index contributed by atoms with van der Waals surface area (Å²) in [5, 5.41) is 0. The minimum atomic E-state index is 0.0989. The van der Waals surface area contributed by atoms with Gasteiger partial charge in [0.25, 0.3) is 5.91 Å². The van der Waals surface area contributed by atoms with Crippen molar-refractivity contribution in [3.05, 3.63) is 23.9 Å². The van der Waals surface area contributed by atoms with Crippen LogP contribution in [0, 0.1) is 11.8 Å². The molecule has 1 aromatic heterocycles. The first kappa shape index (κ1) is 18.2. The Labute approximate surface area is 150 Å². The van der Waals surface area contributed by atoms with E-state index in [0.717, 1.165) is 57.4 Å². The Hall–Kier alpha value is -1.62. The molecule has 0 radical (unpaired) electrons. The number of amides is 1. The number of piperidine rings is 1. The van der Waals surface area contributed by atoms with Crippen LogP contribution < -0.4 is 4.74 Å². The van der Waals surface area contributed by atoms with Crippen molar-refractivity contribution in [1.82, 2.24) is 9.88 Å². The molecule has 138 valence electrons. The summed E-state index contributed by atoms with van der Waals surface area (Å²) in [6, 6.07) is 3.56. The molecular weight excluding hydrogens is 316 g/mol. The zero-order valence-corrected chi connectivity index (χ0v) is 15.4. The number of hydrogen-bond donors (Lipinski definition) is 0. The molecule has 1 amide bonds. The number of carbonyl (C=O) groups excluding carboxylic acids is 1. The third-order valence-electron chi connectivity index (χ3n) is 5.64. The molecule has 0 bridgehead atoms. The molecule has 0 saturated carbocycles. The van der Waals surface area contributed by atoms with E-state index in [0.29, 0.717) is 11.4 Å². The molecule has 0 aromatic carbocycles. The van der Waals surface area contributed by atoms with Gasteiger partial charge >= 0.3 is 0 Å². The monoisotopic (exact) mass is 346 g/mol. The van der Waals surface area contributed by atoms with Gasteiger partial charge in [0.1, 0.15) is 0 Å². The summed E-state index contributed by atoms with van der Waals surface area (Å²) in [4.78, 5) is 19.0. The van der Waals surface area contributed by atoms with Crippen LogP contribution in [-0.2, 0) is 4.74 Å². The fraction of sp³-hybridized carbons (Fsp3) is 0.700. The Kier molecular flexibility index (Phi) is 6.29. The number of pyridine rings is 1. The predicted molar refractivity (Wildman–Crippen MR) is 96.8 cm³/mol. The highest BCUT2D eigenvalue weighted by Gasteiger charge is 2.30. The Morgan fingerprint density at radius 2 is 1.96 bits per heavy atom. The average molecular weight is 346 g/mol. The van der Waals surface area contributed by atoms with Crippen LogP contribution in [-0.4, -0.2) is 48.2 Å². The van der Waals surface area contributed by atoms with Crippen molar-refractivity contribution in [3.63, 3.8) is 0 Å². The quantitative estimate of drug-likeness (QED) is 0.818. The summed E-state index contributed by atoms with van der Waals surface area (Å²) in [7, 11) is 0. The van der Waals surface area contributed by atoms with E-state index >= 15 is 0 Å². The molecular formula is C20H30N2O3. The van der Waals surface area contributed by atoms with E-state index < -0.39 is 0 Å². The third kappa shape index (κ3) is 4.72. The molecule has 3 rings (SSSR count). The van der Waals surface area contributed by atoms with Crippen LogP contribution in [0.2, 0.25) is 0 Å². The van der Waals surface area contributed by atoms with Gasteiger partial charge < -0.3 is 14.4 Å². The summed E-state index contributed by atoms with van der Waals surface area (Å²) in [6.45, 7) is 7.59. The Balaban J connectivity index is 1.56. The number of hydrogen-bond acceptors (Lipinski definition) is 4. The number of carbonyl (C=O) groups is 1. The second kappa shape index (κ2) is 8.65. The van der Waals surface area contributed by atoms with Gasteiger partial charge in [-0.05, 0) is 56.9 Å². The molecule has 0 N–H and O–H groups in total. The Morgan fingerprint density at radius 3 is 2.64 bits per heavy atom. The summed E-state index contributed by atoms with van der Waals surface area (Å²) in [5.74, 6) is 2.16. The van der Waals surface area contributed by atoms with Gasteiger partial charge in [-0.25, -0.2) is 4.98 Å². The Morgan fingerprint density at radius 1 is 1.28 bits per heavy atom. The second-order valence-corrected chi connectivity index (χ2v) is 7.30. The van der Waals surface area contributed by atoms with Crippen molar-refractivity contribution < 1.29 is 14.3 Å². The van der Waals surface area contributed by atoms with E-state index in [-0.39, 0.29) is 12.0 Å². The van der Waals surface area contributed by atoms with Crippen molar-refractivity contribution >= 4 is 5.91 Å². The first-order valence-corrected chi connectivity index (χ1v) is 9.67. The molecule has 5 heteroatoms. The van der Waals surface area contributed by atoms with Gasteiger partial charge in [0.05, 0.1) is 6.10 Å². The highest BCUT2D eigenvalue weighted by molar-refractivity contribution is 5.94. The molecule has 3 heterocycles. The van der Waals surface area contributed by atoms with E-state index in [1.54, 1.807) is 18.3 Å². The maximum absolute atomic E-state index is 12.8.